The number of anilines is 1. The van der Waals surface area contributed by atoms with Gasteiger partial charge in [0.15, 0.2) is 12.0 Å². The van der Waals surface area contributed by atoms with Crippen molar-refractivity contribution in [3.8, 4) is 6.19 Å². The van der Waals surface area contributed by atoms with Crippen LogP contribution in [0.25, 0.3) is 11.0 Å². The standard InChI is InChI=1S/C24H31N9/c1-6-17-15-32(22-14-26-18-9-7-8-10-19(18)28-22)11-12-33(17)23(27-16-25)29-21-13-20(24(2,3)4)30-31(21)5/h7-10,13-14,17H,6,11-12,15H2,1-5H3,(H,27,29). The number of benzene rings is 1. The Morgan fingerprint density at radius 3 is 2.67 bits per heavy atom. The highest BCUT2D eigenvalue weighted by molar-refractivity contribution is 5.84. The number of hydrogen-bond donors (Lipinski definition) is 1. The lowest BCUT2D eigenvalue weighted by atomic mass is 9.92. The van der Waals surface area contributed by atoms with E-state index in [1.807, 2.05) is 43.6 Å². The Morgan fingerprint density at radius 2 is 2.00 bits per heavy atom. The summed E-state index contributed by atoms with van der Waals surface area (Å²) in [6, 6.07) is 10.1. The Labute approximate surface area is 194 Å². The van der Waals surface area contributed by atoms with Crippen LogP contribution in [0.15, 0.2) is 41.5 Å². The summed E-state index contributed by atoms with van der Waals surface area (Å²) in [6.07, 6.45) is 4.81. The number of aliphatic imine (C=N–C) groups is 1. The first-order valence-corrected chi connectivity index (χ1v) is 11.3. The van der Waals surface area contributed by atoms with E-state index < -0.39 is 0 Å². The van der Waals surface area contributed by atoms with Crippen molar-refractivity contribution in [3.05, 3.63) is 42.2 Å². The minimum atomic E-state index is -0.0766. The van der Waals surface area contributed by atoms with Gasteiger partial charge in [0.2, 0.25) is 5.96 Å². The Kier molecular flexibility index (Phi) is 6.18. The summed E-state index contributed by atoms with van der Waals surface area (Å²) in [5, 5.41) is 16.8. The Bertz CT molecular complexity index is 1200. The Morgan fingerprint density at radius 1 is 1.24 bits per heavy atom. The van der Waals surface area contributed by atoms with E-state index in [1.54, 1.807) is 4.68 Å². The lowest BCUT2D eigenvalue weighted by molar-refractivity contribution is 0.267. The highest BCUT2D eigenvalue weighted by Gasteiger charge is 2.30. The quantitative estimate of drug-likeness (QED) is 0.286. The van der Waals surface area contributed by atoms with Crippen LogP contribution in [0.4, 0.5) is 11.6 Å². The van der Waals surface area contributed by atoms with E-state index in [1.165, 1.54) is 0 Å². The number of aryl methyl sites for hydroxylation is 1. The second-order valence-corrected chi connectivity index (χ2v) is 9.35. The zero-order valence-electron chi connectivity index (χ0n) is 19.9. The van der Waals surface area contributed by atoms with E-state index in [4.69, 9.17) is 9.98 Å². The maximum atomic E-state index is 9.42. The van der Waals surface area contributed by atoms with Gasteiger partial charge in [0.1, 0.15) is 5.82 Å². The van der Waals surface area contributed by atoms with Crippen LogP contribution in [-0.2, 0) is 12.5 Å². The smallest absolute Gasteiger partial charge is 0.214 e. The minimum absolute atomic E-state index is 0.0766. The molecule has 9 heteroatoms. The maximum absolute atomic E-state index is 9.42. The molecule has 1 saturated heterocycles. The molecule has 1 N–H and O–H groups in total. The molecule has 3 aromatic rings. The zero-order valence-corrected chi connectivity index (χ0v) is 19.9. The molecule has 3 heterocycles. The van der Waals surface area contributed by atoms with Crippen LogP contribution in [0, 0.1) is 11.5 Å². The second kappa shape index (κ2) is 9.06. The molecule has 4 rings (SSSR count). The van der Waals surface area contributed by atoms with Gasteiger partial charge in [-0.2, -0.15) is 15.4 Å². The summed E-state index contributed by atoms with van der Waals surface area (Å²) in [4.78, 5) is 18.6. The number of guanidine groups is 1. The molecule has 9 nitrogen and oxygen atoms in total. The van der Waals surface area contributed by atoms with E-state index in [2.05, 4.69) is 59.1 Å². The number of nitrogens with one attached hydrogen (secondary N) is 1. The fourth-order valence-electron chi connectivity index (χ4n) is 4.04. The number of nitrogens with zero attached hydrogens (tertiary/aromatic N) is 8. The van der Waals surface area contributed by atoms with Gasteiger partial charge in [-0.05, 0) is 18.6 Å². The molecule has 1 aromatic carbocycles. The van der Waals surface area contributed by atoms with Gasteiger partial charge in [0.05, 0.1) is 22.9 Å². The number of hydrogen-bond acceptors (Lipinski definition) is 6. The molecule has 1 aliphatic heterocycles. The lowest BCUT2D eigenvalue weighted by Gasteiger charge is -2.42. The van der Waals surface area contributed by atoms with Crippen LogP contribution >= 0.6 is 0 Å². The van der Waals surface area contributed by atoms with Gasteiger partial charge in [-0.3, -0.25) is 15.0 Å². The van der Waals surface area contributed by atoms with Crippen LogP contribution in [0.1, 0.15) is 39.8 Å². The third-order valence-electron chi connectivity index (χ3n) is 6.00. The fourth-order valence-corrected chi connectivity index (χ4v) is 4.04. The number of nitriles is 1. The molecule has 0 radical (unpaired) electrons. The van der Waals surface area contributed by atoms with E-state index in [0.717, 1.165) is 47.9 Å². The van der Waals surface area contributed by atoms with Gasteiger partial charge in [0, 0.05) is 44.2 Å². The van der Waals surface area contributed by atoms with Crippen molar-refractivity contribution in [2.45, 2.75) is 45.6 Å². The van der Waals surface area contributed by atoms with Crippen LogP contribution in [0.2, 0.25) is 0 Å². The SMILES string of the molecule is CCC1CN(c2cnc3ccccc3n2)CCN1/C(=N/c1cc(C(C)(C)C)nn1C)NC#N. The van der Waals surface area contributed by atoms with Crippen molar-refractivity contribution >= 4 is 28.6 Å². The molecule has 1 aliphatic rings. The van der Waals surface area contributed by atoms with Gasteiger partial charge in [-0.25, -0.2) is 4.98 Å². The zero-order chi connectivity index (χ0) is 23.6. The Hall–Kier alpha value is -3.67. The average molecular weight is 446 g/mol. The van der Waals surface area contributed by atoms with Crippen LogP contribution in [-0.4, -0.2) is 56.3 Å². The van der Waals surface area contributed by atoms with Gasteiger partial charge < -0.3 is 9.80 Å². The summed E-state index contributed by atoms with van der Waals surface area (Å²) in [6.45, 7) is 10.8. The van der Waals surface area contributed by atoms with Crippen LogP contribution < -0.4 is 10.2 Å². The van der Waals surface area contributed by atoms with E-state index in [9.17, 15) is 5.26 Å². The number of piperazine rings is 1. The summed E-state index contributed by atoms with van der Waals surface area (Å²) in [5.41, 5.74) is 2.68. The van der Waals surface area contributed by atoms with Gasteiger partial charge in [-0.15, -0.1) is 0 Å². The predicted molar refractivity (Wildman–Crippen MR) is 130 cm³/mol. The molecule has 1 atom stereocenters. The highest BCUT2D eigenvalue weighted by Crippen LogP contribution is 2.26. The predicted octanol–water partition coefficient (Wildman–Crippen LogP) is 3.32. The lowest BCUT2D eigenvalue weighted by Crippen LogP contribution is -2.57. The van der Waals surface area contributed by atoms with Crippen molar-refractivity contribution in [3.63, 3.8) is 0 Å². The van der Waals surface area contributed by atoms with E-state index >= 15 is 0 Å². The highest BCUT2D eigenvalue weighted by atomic mass is 15.4. The van der Waals surface area contributed by atoms with E-state index in [-0.39, 0.29) is 11.5 Å². The third kappa shape index (κ3) is 4.75. The van der Waals surface area contributed by atoms with Crippen molar-refractivity contribution < 1.29 is 0 Å². The largest absolute Gasteiger partial charge is 0.351 e. The molecular weight excluding hydrogens is 414 g/mol. The molecule has 172 valence electrons. The summed E-state index contributed by atoms with van der Waals surface area (Å²) in [7, 11) is 1.88. The first-order valence-electron chi connectivity index (χ1n) is 11.3. The third-order valence-corrected chi connectivity index (χ3v) is 6.00. The number of fused-ring (bicyclic) bond motifs is 1. The van der Waals surface area contributed by atoms with Crippen molar-refractivity contribution in [1.82, 2.24) is 30.0 Å². The van der Waals surface area contributed by atoms with E-state index in [0.29, 0.717) is 12.5 Å². The molecule has 1 fully saturated rings. The normalized spacial score (nSPS) is 17.3. The van der Waals surface area contributed by atoms with Gasteiger partial charge in [-0.1, -0.05) is 39.8 Å². The number of aromatic nitrogens is 4. The van der Waals surface area contributed by atoms with Crippen LogP contribution in [0.3, 0.4) is 0 Å². The topological polar surface area (TPSA) is 98.3 Å². The van der Waals surface area contributed by atoms with Crippen molar-refractivity contribution in [2.24, 2.45) is 12.0 Å². The first kappa shape index (κ1) is 22.5. The molecule has 33 heavy (non-hydrogen) atoms. The summed E-state index contributed by atoms with van der Waals surface area (Å²) < 4.78 is 1.77. The van der Waals surface area contributed by atoms with Crippen LogP contribution in [0.5, 0.6) is 0 Å². The van der Waals surface area contributed by atoms with Crippen molar-refractivity contribution in [2.75, 3.05) is 24.5 Å². The molecule has 0 spiro atoms. The molecule has 0 amide bonds. The molecule has 0 saturated carbocycles. The van der Waals surface area contributed by atoms with Crippen molar-refractivity contribution in [1.29, 1.82) is 5.26 Å². The summed E-state index contributed by atoms with van der Waals surface area (Å²) in [5.74, 6) is 2.15. The number of rotatable bonds is 3. The van der Waals surface area contributed by atoms with Gasteiger partial charge >= 0.3 is 0 Å². The average Bonchev–Trinajstić information content (AvgIpc) is 3.18. The minimum Gasteiger partial charge on any atom is -0.351 e. The fraction of sp³-hybridized carbons (Fsp3) is 0.458. The molecule has 2 aromatic heterocycles. The molecular formula is C24H31N9. The second-order valence-electron chi connectivity index (χ2n) is 9.35. The monoisotopic (exact) mass is 445 g/mol. The van der Waals surface area contributed by atoms with Gasteiger partial charge in [0.25, 0.3) is 0 Å². The number of para-hydroxylation sites is 2. The summed E-state index contributed by atoms with van der Waals surface area (Å²) >= 11 is 0. The maximum Gasteiger partial charge on any atom is 0.214 e. The molecule has 0 bridgehead atoms. The molecule has 0 aliphatic carbocycles. The molecule has 1 unspecified atom stereocenters. The Balaban J connectivity index is 1.59. The first-order chi connectivity index (χ1) is 15.8.